The van der Waals surface area contributed by atoms with Crippen molar-refractivity contribution in [1.29, 1.82) is 0 Å². The van der Waals surface area contributed by atoms with E-state index >= 15 is 0 Å². The maximum Gasteiger partial charge on any atom is 0.223 e. The summed E-state index contributed by atoms with van der Waals surface area (Å²) in [5.41, 5.74) is 2.41. The molecule has 0 saturated carbocycles. The summed E-state index contributed by atoms with van der Waals surface area (Å²) >= 11 is 0. The number of rotatable bonds is 4. The van der Waals surface area contributed by atoms with Crippen LogP contribution in [-0.4, -0.2) is 12.0 Å². The Morgan fingerprint density at radius 2 is 1.90 bits per heavy atom. The van der Waals surface area contributed by atoms with E-state index in [0.29, 0.717) is 5.88 Å². The van der Waals surface area contributed by atoms with Crippen molar-refractivity contribution in [3.63, 3.8) is 0 Å². The average Bonchev–Trinajstić information content (AvgIpc) is 2.46. The van der Waals surface area contributed by atoms with Crippen molar-refractivity contribution >= 4 is 0 Å². The quantitative estimate of drug-likeness (QED) is 0.900. The smallest absolute Gasteiger partial charge is 0.223 e. The van der Waals surface area contributed by atoms with Crippen molar-refractivity contribution in [2.24, 2.45) is 0 Å². The van der Waals surface area contributed by atoms with Gasteiger partial charge in [0.15, 0.2) is 0 Å². The van der Waals surface area contributed by atoms with Gasteiger partial charge in [-0.2, -0.15) is 0 Å². The molecule has 1 aromatic carbocycles. The van der Waals surface area contributed by atoms with Gasteiger partial charge in [0.2, 0.25) is 5.88 Å². The highest BCUT2D eigenvalue weighted by Gasteiger charge is 2.15. The predicted octanol–water partition coefficient (Wildman–Crippen LogP) is 4.45. The third kappa shape index (κ3) is 3.82. The minimum atomic E-state index is 0.102. The van der Waals surface area contributed by atoms with Crippen LogP contribution in [0.5, 0.6) is 11.6 Å². The largest absolute Gasteiger partial charge is 0.439 e. The second kappa shape index (κ2) is 6.27. The van der Waals surface area contributed by atoms with Gasteiger partial charge in [-0.3, -0.25) is 0 Å². The molecule has 0 aliphatic heterocycles. The van der Waals surface area contributed by atoms with Crippen LogP contribution in [0.15, 0.2) is 42.6 Å². The number of nitrogens with one attached hydrogen (secondary N) is 1. The summed E-state index contributed by atoms with van der Waals surface area (Å²) in [6.45, 7) is 8.68. The Labute approximate surface area is 127 Å². The Hall–Kier alpha value is -1.87. The van der Waals surface area contributed by atoms with E-state index < -0.39 is 0 Å². The molecule has 2 aromatic rings. The van der Waals surface area contributed by atoms with E-state index in [1.807, 2.05) is 31.3 Å². The van der Waals surface area contributed by atoms with Gasteiger partial charge in [0.25, 0.3) is 0 Å². The highest BCUT2D eigenvalue weighted by molar-refractivity contribution is 5.37. The number of benzene rings is 1. The summed E-state index contributed by atoms with van der Waals surface area (Å²) in [4.78, 5) is 4.37. The van der Waals surface area contributed by atoms with Crippen molar-refractivity contribution in [3.8, 4) is 11.6 Å². The van der Waals surface area contributed by atoms with Gasteiger partial charge < -0.3 is 10.1 Å². The maximum absolute atomic E-state index is 6.02. The molecule has 1 unspecified atom stereocenters. The van der Waals surface area contributed by atoms with Gasteiger partial charge in [-0.1, -0.05) is 39.0 Å². The molecule has 21 heavy (non-hydrogen) atoms. The molecule has 1 heterocycles. The Morgan fingerprint density at radius 1 is 1.14 bits per heavy atom. The molecule has 0 saturated heterocycles. The van der Waals surface area contributed by atoms with E-state index in [-0.39, 0.29) is 11.5 Å². The highest BCUT2D eigenvalue weighted by atomic mass is 16.5. The first-order valence-electron chi connectivity index (χ1n) is 7.32. The molecule has 1 N–H and O–H groups in total. The summed E-state index contributed by atoms with van der Waals surface area (Å²) < 4.78 is 6.02. The molecule has 0 radical (unpaired) electrons. The zero-order valence-electron chi connectivity index (χ0n) is 13.5. The maximum atomic E-state index is 6.02. The summed E-state index contributed by atoms with van der Waals surface area (Å²) in [6.07, 6.45) is 1.76. The summed E-state index contributed by atoms with van der Waals surface area (Å²) in [6, 6.07) is 12.4. The van der Waals surface area contributed by atoms with E-state index in [1.165, 1.54) is 5.56 Å². The third-order valence-electron chi connectivity index (χ3n) is 3.61. The van der Waals surface area contributed by atoms with Gasteiger partial charge >= 0.3 is 0 Å². The molecule has 0 amide bonds. The fraction of sp³-hybridized carbons (Fsp3) is 0.389. The average molecular weight is 284 g/mol. The Bertz CT molecular complexity index is 602. The second-order valence-corrected chi connectivity index (χ2v) is 6.29. The van der Waals surface area contributed by atoms with Crippen LogP contribution < -0.4 is 10.1 Å². The fourth-order valence-electron chi connectivity index (χ4n) is 2.11. The minimum Gasteiger partial charge on any atom is -0.439 e. The molecule has 1 atom stereocenters. The zero-order chi connectivity index (χ0) is 15.5. The lowest BCUT2D eigenvalue weighted by Crippen LogP contribution is -2.14. The number of hydrogen-bond acceptors (Lipinski definition) is 3. The number of ether oxygens (including phenoxy) is 1. The molecule has 3 nitrogen and oxygen atoms in total. The molecule has 0 aliphatic carbocycles. The van der Waals surface area contributed by atoms with Crippen LogP contribution in [0.1, 0.15) is 44.9 Å². The number of nitrogens with zero attached hydrogens (tertiary/aromatic N) is 1. The van der Waals surface area contributed by atoms with E-state index in [1.54, 1.807) is 6.20 Å². The molecule has 112 valence electrons. The normalized spacial score (nSPS) is 13.0. The highest BCUT2D eigenvalue weighted by Crippen LogP contribution is 2.30. The van der Waals surface area contributed by atoms with Gasteiger partial charge in [-0.25, -0.2) is 4.98 Å². The lowest BCUT2D eigenvalue weighted by atomic mass is 9.87. The van der Waals surface area contributed by atoms with E-state index in [0.717, 1.165) is 11.3 Å². The van der Waals surface area contributed by atoms with Crippen LogP contribution in [0.25, 0.3) is 0 Å². The van der Waals surface area contributed by atoms with Crippen molar-refractivity contribution in [1.82, 2.24) is 10.3 Å². The Kier molecular flexibility index (Phi) is 4.63. The van der Waals surface area contributed by atoms with Gasteiger partial charge in [0, 0.05) is 17.8 Å². The van der Waals surface area contributed by atoms with E-state index in [9.17, 15) is 0 Å². The van der Waals surface area contributed by atoms with Crippen LogP contribution >= 0.6 is 0 Å². The van der Waals surface area contributed by atoms with Crippen molar-refractivity contribution < 1.29 is 4.74 Å². The van der Waals surface area contributed by atoms with Crippen LogP contribution in [0, 0.1) is 0 Å². The van der Waals surface area contributed by atoms with Gasteiger partial charge in [0.1, 0.15) is 5.75 Å². The van der Waals surface area contributed by atoms with Gasteiger partial charge in [-0.15, -0.1) is 0 Å². The SMILES string of the molecule is CNC(C)c1cccnc1Oc1cccc(C(C)(C)C)c1. The summed E-state index contributed by atoms with van der Waals surface area (Å²) in [7, 11) is 1.93. The molecule has 0 aliphatic rings. The van der Waals surface area contributed by atoms with Gasteiger partial charge in [-0.05, 0) is 43.1 Å². The predicted molar refractivity (Wildman–Crippen MR) is 86.9 cm³/mol. The number of aromatic nitrogens is 1. The monoisotopic (exact) mass is 284 g/mol. The molecular formula is C18H24N2O. The lowest BCUT2D eigenvalue weighted by Gasteiger charge is -2.20. The molecule has 0 bridgehead atoms. The fourth-order valence-corrected chi connectivity index (χ4v) is 2.11. The van der Waals surface area contributed by atoms with Crippen LogP contribution in [-0.2, 0) is 5.41 Å². The Morgan fingerprint density at radius 3 is 2.57 bits per heavy atom. The molecule has 1 aromatic heterocycles. The number of hydrogen-bond donors (Lipinski definition) is 1. The number of pyridine rings is 1. The first-order chi connectivity index (χ1) is 9.91. The van der Waals surface area contributed by atoms with E-state index in [2.05, 4.69) is 50.1 Å². The second-order valence-electron chi connectivity index (χ2n) is 6.29. The van der Waals surface area contributed by atoms with Crippen LogP contribution in [0.3, 0.4) is 0 Å². The standard InChI is InChI=1S/C18H24N2O/c1-13(19-5)16-10-7-11-20-17(16)21-15-9-6-8-14(12-15)18(2,3)4/h6-13,19H,1-5H3. The first kappa shape index (κ1) is 15.5. The molecule has 3 heteroatoms. The lowest BCUT2D eigenvalue weighted by molar-refractivity contribution is 0.444. The van der Waals surface area contributed by atoms with Crippen molar-refractivity contribution in [2.75, 3.05) is 7.05 Å². The molecule has 2 rings (SSSR count). The minimum absolute atomic E-state index is 0.102. The van der Waals surface area contributed by atoms with Gasteiger partial charge in [0.05, 0.1) is 0 Å². The van der Waals surface area contributed by atoms with E-state index in [4.69, 9.17) is 4.74 Å². The van der Waals surface area contributed by atoms with Crippen molar-refractivity contribution in [2.45, 2.75) is 39.2 Å². The molecule has 0 fully saturated rings. The Balaban J connectivity index is 2.31. The zero-order valence-corrected chi connectivity index (χ0v) is 13.5. The third-order valence-corrected chi connectivity index (χ3v) is 3.61. The van der Waals surface area contributed by atoms with Crippen LogP contribution in [0.4, 0.5) is 0 Å². The molecule has 0 spiro atoms. The van der Waals surface area contributed by atoms with Crippen LogP contribution in [0.2, 0.25) is 0 Å². The molecular weight excluding hydrogens is 260 g/mol. The summed E-state index contributed by atoms with van der Waals surface area (Å²) in [5, 5.41) is 3.22. The topological polar surface area (TPSA) is 34.2 Å². The summed E-state index contributed by atoms with van der Waals surface area (Å²) in [5.74, 6) is 1.48. The van der Waals surface area contributed by atoms with Crippen molar-refractivity contribution in [3.05, 3.63) is 53.7 Å². The first-order valence-corrected chi connectivity index (χ1v) is 7.32.